The first-order chi connectivity index (χ1) is 14.0. The Balaban J connectivity index is 1.53. The van der Waals surface area contributed by atoms with Crippen LogP contribution in [0, 0.1) is 0 Å². The topological polar surface area (TPSA) is 91.4 Å². The Morgan fingerprint density at radius 2 is 2.00 bits per heavy atom. The number of hydrogen-bond donors (Lipinski definition) is 2. The van der Waals surface area contributed by atoms with Crippen LogP contribution >= 0.6 is 35.6 Å². The molecule has 1 aromatic carbocycles. The predicted molar refractivity (Wildman–Crippen MR) is 116 cm³/mol. The molecule has 1 aromatic heterocycles. The van der Waals surface area contributed by atoms with Crippen molar-refractivity contribution in [1.82, 2.24) is 20.7 Å². The summed E-state index contributed by atoms with van der Waals surface area (Å²) in [5.74, 6) is -1.22. The number of halogens is 1. The van der Waals surface area contributed by atoms with Crippen molar-refractivity contribution in [3.63, 3.8) is 0 Å². The summed E-state index contributed by atoms with van der Waals surface area (Å²) in [6, 6.07) is 10.3. The largest absolute Gasteiger partial charge is 0.292 e. The lowest BCUT2D eigenvalue weighted by molar-refractivity contribution is -0.124. The normalized spacial score (nSPS) is 14.9. The van der Waals surface area contributed by atoms with Crippen molar-refractivity contribution in [1.29, 1.82) is 0 Å². The Labute approximate surface area is 181 Å². The highest BCUT2D eigenvalue weighted by atomic mass is 35.5. The molecule has 1 aliphatic rings. The third-order valence-electron chi connectivity index (χ3n) is 3.87. The maximum absolute atomic E-state index is 12.6. The minimum absolute atomic E-state index is 0.0286. The standard InChI is InChI=1S/C19H15ClN4O3S2/c20-14-6-2-1-4-12(14)10-15-18(27)24(19(28)29-15)9-7-16(25)22-23-17(26)13-5-3-8-21-11-13/h1-6,8,10-11H,7,9H2,(H,22,25)(H,23,26)/b15-10-. The van der Waals surface area contributed by atoms with Crippen LogP contribution in [0.3, 0.4) is 0 Å². The lowest BCUT2D eigenvalue weighted by Crippen LogP contribution is -2.43. The Morgan fingerprint density at radius 3 is 2.72 bits per heavy atom. The molecule has 0 saturated carbocycles. The number of rotatable bonds is 5. The molecular weight excluding hydrogens is 432 g/mol. The Morgan fingerprint density at radius 1 is 1.21 bits per heavy atom. The van der Waals surface area contributed by atoms with E-state index in [4.69, 9.17) is 23.8 Å². The molecule has 0 aliphatic carbocycles. The maximum Gasteiger partial charge on any atom is 0.271 e. The average Bonchev–Trinajstić information content (AvgIpc) is 2.99. The zero-order chi connectivity index (χ0) is 20.8. The molecule has 2 N–H and O–H groups in total. The summed E-state index contributed by atoms with van der Waals surface area (Å²) in [6.07, 6.45) is 4.57. The molecule has 2 aromatic rings. The fraction of sp³-hybridized carbons (Fsp3) is 0.105. The van der Waals surface area contributed by atoms with Gasteiger partial charge in [0.2, 0.25) is 5.91 Å². The van der Waals surface area contributed by atoms with E-state index in [1.54, 1.807) is 36.4 Å². The van der Waals surface area contributed by atoms with Crippen molar-refractivity contribution in [2.24, 2.45) is 0 Å². The van der Waals surface area contributed by atoms with Gasteiger partial charge in [0.15, 0.2) is 0 Å². The van der Waals surface area contributed by atoms with Crippen molar-refractivity contribution >= 4 is 63.7 Å². The van der Waals surface area contributed by atoms with Gasteiger partial charge in [-0.05, 0) is 29.8 Å². The summed E-state index contributed by atoms with van der Waals surface area (Å²) >= 11 is 12.5. The smallest absolute Gasteiger partial charge is 0.271 e. The first-order valence-corrected chi connectivity index (χ1v) is 10.0. The second kappa shape index (κ2) is 9.64. The third-order valence-corrected chi connectivity index (χ3v) is 5.59. The molecule has 1 fully saturated rings. The number of hydrogen-bond acceptors (Lipinski definition) is 6. The van der Waals surface area contributed by atoms with Gasteiger partial charge in [0.05, 0.1) is 10.5 Å². The molecule has 0 spiro atoms. The molecule has 0 bridgehead atoms. The number of carbonyl (C=O) groups excluding carboxylic acids is 3. The highest BCUT2D eigenvalue weighted by Gasteiger charge is 2.32. The minimum Gasteiger partial charge on any atom is -0.292 e. The molecule has 3 rings (SSSR count). The van der Waals surface area contributed by atoms with Gasteiger partial charge in [-0.15, -0.1) is 0 Å². The van der Waals surface area contributed by atoms with Gasteiger partial charge in [0.25, 0.3) is 11.8 Å². The maximum atomic E-state index is 12.6. The number of thiocarbonyl (C=S) groups is 1. The number of aromatic nitrogens is 1. The average molecular weight is 447 g/mol. The molecule has 3 amide bonds. The summed E-state index contributed by atoms with van der Waals surface area (Å²) in [5, 5.41) is 0.529. The highest BCUT2D eigenvalue weighted by molar-refractivity contribution is 8.26. The van der Waals surface area contributed by atoms with E-state index < -0.39 is 11.8 Å². The van der Waals surface area contributed by atoms with E-state index in [1.807, 2.05) is 6.07 Å². The van der Waals surface area contributed by atoms with E-state index in [2.05, 4.69) is 15.8 Å². The lowest BCUT2D eigenvalue weighted by atomic mass is 10.2. The Kier molecular flexibility index (Phi) is 6.97. The Hall–Kier alpha value is -2.75. The molecule has 148 valence electrons. The fourth-order valence-electron chi connectivity index (χ4n) is 2.40. The van der Waals surface area contributed by atoms with E-state index in [-0.39, 0.29) is 18.9 Å². The third kappa shape index (κ3) is 5.41. The summed E-state index contributed by atoms with van der Waals surface area (Å²) in [7, 11) is 0. The number of pyridine rings is 1. The minimum atomic E-state index is -0.486. The molecule has 1 aliphatic heterocycles. The Bertz CT molecular complexity index is 998. The van der Waals surface area contributed by atoms with Crippen molar-refractivity contribution in [2.45, 2.75) is 6.42 Å². The van der Waals surface area contributed by atoms with Gasteiger partial charge in [-0.1, -0.05) is 53.8 Å². The van der Waals surface area contributed by atoms with E-state index >= 15 is 0 Å². The number of nitrogens with zero attached hydrogens (tertiary/aromatic N) is 2. The van der Waals surface area contributed by atoms with Crippen molar-refractivity contribution in [2.75, 3.05) is 6.54 Å². The van der Waals surface area contributed by atoms with Crippen LogP contribution in [0.4, 0.5) is 0 Å². The van der Waals surface area contributed by atoms with E-state index in [9.17, 15) is 14.4 Å². The summed E-state index contributed by atoms with van der Waals surface area (Å²) in [6.45, 7) is 0.0964. The van der Waals surface area contributed by atoms with Crippen molar-refractivity contribution in [3.8, 4) is 0 Å². The van der Waals surface area contributed by atoms with Crippen molar-refractivity contribution < 1.29 is 14.4 Å². The highest BCUT2D eigenvalue weighted by Crippen LogP contribution is 2.33. The second-order valence-electron chi connectivity index (χ2n) is 5.85. The quantitative estimate of drug-likeness (QED) is 0.417. The van der Waals surface area contributed by atoms with Crippen LogP contribution in [-0.4, -0.2) is 38.5 Å². The number of benzene rings is 1. The first-order valence-electron chi connectivity index (χ1n) is 8.45. The zero-order valence-corrected chi connectivity index (χ0v) is 17.3. The fourth-order valence-corrected chi connectivity index (χ4v) is 3.89. The molecule has 0 radical (unpaired) electrons. The van der Waals surface area contributed by atoms with Gasteiger partial charge < -0.3 is 0 Å². The van der Waals surface area contributed by atoms with Gasteiger partial charge in [-0.2, -0.15) is 0 Å². The molecule has 0 atom stereocenters. The molecule has 7 nitrogen and oxygen atoms in total. The van der Waals surface area contributed by atoms with Crippen LogP contribution < -0.4 is 10.9 Å². The summed E-state index contributed by atoms with van der Waals surface area (Å²) in [5.41, 5.74) is 5.63. The predicted octanol–water partition coefficient (Wildman–Crippen LogP) is 2.79. The number of amides is 3. The van der Waals surface area contributed by atoms with Gasteiger partial charge in [0.1, 0.15) is 4.32 Å². The number of hydrazine groups is 1. The lowest BCUT2D eigenvalue weighted by Gasteiger charge is -2.14. The number of thioether (sulfide) groups is 1. The molecule has 29 heavy (non-hydrogen) atoms. The zero-order valence-electron chi connectivity index (χ0n) is 14.9. The number of carbonyl (C=O) groups is 3. The molecule has 10 heteroatoms. The molecule has 0 unspecified atom stereocenters. The van der Waals surface area contributed by atoms with E-state index in [1.165, 1.54) is 17.3 Å². The van der Waals surface area contributed by atoms with Gasteiger partial charge in [-0.25, -0.2) is 0 Å². The van der Waals surface area contributed by atoms with Crippen molar-refractivity contribution in [3.05, 3.63) is 69.8 Å². The van der Waals surface area contributed by atoms with Gasteiger partial charge in [-0.3, -0.25) is 35.1 Å². The monoisotopic (exact) mass is 446 g/mol. The van der Waals surface area contributed by atoms with E-state index in [0.717, 1.165) is 11.8 Å². The van der Waals surface area contributed by atoms with Crippen LogP contribution in [0.15, 0.2) is 53.7 Å². The summed E-state index contributed by atoms with van der Waals surface area (Å²) < 4.78 is 0.362. The van der Waals surface area contributed by atoms with E-state index in [0.29, 0.717) is 25.4 Å². The second-order valence-corrected chi connectivity index (χ2v) is 7.93. The first kappa shape index (κ1) is 21.0. The van der Waals surface area contributed by atoms with Crippen LogP contribution in [0.2, 0.25) is 5.02 Å². The molecule has 2 heterocycles. The van der Waals surface area contributed by atoms with Crippen LogP contribution in [-0.2, 0) is 9.59 Å². The summed E-state index contributed by atoms with van der Waals surface area (Å²) in [4.78, 5) is 42.1. The van der Waals surface area contributed by atoms with Crippen LogP contribution in [0.1, 0.15) is 22.3 Å². The van der Waals surface area contributed by atoms with Gasteiger partial charge >= 0.3 is 0 Å². The van der Waals surface area contributed by atoms with Gasteiger partial charge in [0, 0.05) is 30.4 Å². The molecular formula is C19H15ClN4O3S2. The number of nitrogens with one attached hydrogen (secondary N) is 2. The van der Waals surface area contributed by atoms with Crippen LogP contribution in [0.5, 0.6) is 0 Å². The molecule has 1 saturated heterocycles. The van der Waals surface area contributed by atoms with Crippen LogP contribution in [0.25, 0.3) is 6.08 Å². The SMILES string of the molecule is O=C(CCN1C(=O)/C(=C/c2ccccc2Cl)SC1=S)NNC(=O)c1cccnc1.